The Balaban J connectivity index is 1.57. The number of rotatable bonds is 4. The Kier molecular flexibility index (Phi) is 7.00. The molecule has 15 heteroatoms. The lowest BCUT2D eigenvalue weighted by molar-refractivity contribution is -0.137. The van der Waals surface area contributed by atoms with E-state index >= 15 is 0 Å². The van der Waals surface area contributed by atoms with Crippen molar-refractivity contribution in [1.29, 1.82) is 0 Å². The van der Waals surface area contributed by atoms with Gasteiger partial charge >= 0.3 is 6.18 Å². The summed E-state index contributed by atoms with van der Waals surface area (Å²) in [5, 5.41) is 6.47. The summed E-state index contributed by atoms with van der Waals surface area (Å²) in [6, 6.07) is 6.38. The number of aromatic nitrogens is 2. The van der Waals surface area contributed by atoms with Gasteiger partial charge in [-0.15, -0.1) is 11.3 Å². The van der Waals surface area contributed by atoms with Crippen LogP contribution < -0.4 is 15.5 Å². The third kappa shape index (κ3) is 5.17. The predicted molar refractivity (Wildman–Crippen MR) is 139 cm³/mol. The summed E-state index contributed by atoms with van der Waals surface area (Å²) in [7, 11) is -2.44. The lowest BCUT2D eigenvalue weighted by Gasteiger charge is -2.29. The first-order chi connectivity index (χ1) is 17.9. The zero-order valence-electron chi connectivity index (χ0n) is 20.0. The number of carbonyl (C=O) groups excluding carboxylic acids is 1. The number of fused-ring (bicyclic) bond motifs is 1. The highest BCUT2D eigenvalue weighted by atomic mass is 35.5. The number of thiophene rings is 1. The number of benzene rings is 1. The highest BCUT2D eigenvalue weighted by Crippen LogP contribution is 2.42. The van der Waals surface area contributed by atoms with Gasteiger partial charge in [0.05, 0.1) is 31.9 Å². The molecule has 0 spiro atoms. The summed E-state index contributed by atoms with van der Waals surface area (Å²) >= 11 is 7.01. The van der Waals surface area contributed by atoms with Gasteiger partial charge in [-0.1, -0.05) is 11.6 Å². The monoisotopic (exact) mass is 586 g/mol. The number of amides is 1. The van der Waals surface area contributed by atoms with E-state index in [2.05, 4.69) is 25.5 Å². The molecule has 0 aliphatic carbocycles. The Hall–Kier alpha value is -2.94. The fourth-order valence-electron chi connectivity index (χ4n) is 4.20. The minimum atomic E-state index is -4.82. The summed E-state index contributed by atoms with van der Waals surface area (Å²) in [5.74, 6) is -1.07. The van der Waals surface area contributed by atoms with Crippen LogP contribution in [0, 0.1) is 0 Å². The molecule has 1 fully saturated rings. The molecule has 1 amide bonds. The first kappa shape index (κ1) is 26.7. The van der Waals surface area contributed by atoms with Gasteiger partial charge in [0, 0.05) is 51.7 Å². The standard InChI is InChI=1S/C23H22ClF3N6O3S2/c1-32-8-9-38(35,36)18-11-17(37-20(18)21(32)34)19-14(23(25,26)27)12-29-22(31-19)30-16-10-13(2-3-15(16)24)33-6-4-28-5-7-33/h2-3,10-12,28H,4-9H2,1H3,(H,29,30,31). The van der Waals surface area contributed by atoms with E-state index in [1.165, 1.54) is 11.9 Å². The van der Waals surface area contributed by atoms with Crippen LogP contribution in [-0.4, -0.2) is 74.7 Å². The van der Waals surface area contributed by atoms with Crippen LogP contribution in [0.25, 0.3) is 10.6 Å². The van der Waals surface area contributed by atoms with Gasteiger partial charge in [-0.2, -0.15) is 13.2 Å². The first-order valence-electron chi connectivity index (χ1n) is 11.5. The zero-order chi connectivity index (χ0) is 27.2. The van der Waals surface area contributed by atoms with Crippen molar-refractivity contribution in [3.05, 3.63) is 45.9 Å². The highest BCUT2D eigenvalue weighted by molar-refractivity contribution is 7.91. The van der Waals surface area contributed by atoms with Crippen LogP contribution in [0.3, 0.4) is 0 Å². The fraction of sp³-hybridized carbons (Fsp3) is 0.348. The van der Waals surface area contributed by atoms with Gasteiger partial charge in [0.2, 0.25) is 5.95 Å². The van der Waals surface area contributed by atoms with Crippen LogP contribution in [0.15, 0.2) is 35.4 Å². The van der Waals surface area contributed by atoms with E-state index in [0.717, 1.165) is 37.9 Å². The number of piperazine rings is 1. The van der Waals surface area contributed by atoms with Crippen LogP contribution in [0.4, 0.5) is 30.5 Å². The fourth-order valence-corrected chi connectivity index (χ4v) is 7.40. The Morgan fingerprint density at radius 3 is 2.61 bits per heavy atom. The molecule has 2 aliphatic rings. The zero-order valence-corrected chi connectivity index (χ0v) is 22.4. The van der Waals surface area contributed by atoms with Crippen molar-refractivity contribution in [1.82, 2.24) is 20.2 Å². The Morgan fingerprint density at radius 1 is 1.16 bits per heavy atom. The average molecular weight is 587 g/mol. The number of nitrogens with one attached hydrogen (secondary N) is 2. The summed E-state index contributed by atoms with van der Waals surface area (Å²) in [6.45, 7) is 3.18. The number of hydrogen-bond acceptors (Lipinski definition) is 9. The van der Waals surface area contributed by atoms with Crippen molar-refractivity contribution < 1.29 is 26.4 Å². The molecule has 202 valence electrons. The van der Waals surface area contributed by atoms with Crippen molar-refractivity contribution in [2.75, 3.05) is 55.7 Å². The smallest absolute Gasteiger partial charge is 0.369 e. The lowest BCUT2D eigenvalue weighted by Crippen LogP contribution is -2.43. The molecule has 0 bridgehead atoms. The predicted octanol–water partition coefficient (Wildman–Crippen LogP) is 3.89. The normalized spacial score (nSPS) is 17.8. The Morgan fingerprint density at radius 2 is 1.89 bits per heavy atom. The van der Waals surface area contributed by atoms with Crippen molar-refractivity contribution in [3.8, 4) is 10.6 Å². The number of anilines is 3. The highest BCUT2D eigenvalue weighted by Gasteiger charge is 2.38. The van der Waals surface area contributed by atoms with Crippen LogP contribution in [-0.2, 0) is 16.0 Å². The van der Waals surface area contributed by atoms with Gasteiger partial charge in [-0.25, -0.2) is 18.4 Å². The van der Waals surface area contributed by atoms with Gasteiger partial charge < -0.3 is 20.4 Å². The SMILES string of the molecule is CN1CCS(=O)(=O)c2cc(-c3nc(Nc4cc(N5CCNCC5)ccc4Cl)ncc3C(F)(F)F)sc2C1=O. The van der Waals surface area contributed by atoms with Crippen LogP contribution in [0.1, 0.15) is 15.2 Å². The summed E-state index contributed by atoms with van der Waals surface area (Å²) in [4.78, 5) is 23.5. The third-order valence-electron chi connectivity index (χ3n) is 6.28. The second-order valence-electron chi connectivity index (χ2n) is 8.83. The summed E-state index contributed by atoms with van der Waals surface area (Å²) in [5.41, 5.74) is -0.415. The molecule has 0 radical (unpaired) electrons. The maximum absolute atomic E-state index is 13.9. The molecule has 4 heterocycles. The maximum atomic E-state index is 13.9. The number of carbonyl (C=O) groups is 1. The molecule has 2 aliphatic heterocycles. The number of alkyl halides is 3. The molecule has 2 N–H and O–H groups in total. The van der Waals surface area contributed by atoms with E-state index in [4.69, 9.17) is 11.6 Å². The van der Waals surface area contributed by atoms with Crippen LogP contribution in [0.5, 0.6) is 0 Å². The molecule has 1 aromatic carbocycles. The Bertz CT molecular complexity index is 1510. The third-order valence-corrected chi connectivity index (χ3v) is 9.58. The van der Waals surface area contributed by atoms with Crippen molar-refractivity contribution >= 4 is 56.0 Å². The van der Waals surface area contributed by atoms with Gasteiger partial charge in [-0.3, -0.25) is 4.79 Å². The van der Waals surface area contributed by atoms with E-state index in [1.54, 1.807) is 12.1 Å². The van der Waals surface area contributed by atoms with Crippen molar-refractivity contribution in [3.63, 3.8) is 0 Å². The molecule has 9 nitrogen and oxygen atoms in total. The topological polar surface area (TPSA) is 108 Å². The van der Waals surface area contributed by atoms with Crippen LogP contribution >= 0.6 is 22.9 Å². The maximum Gasteiger partial charge on any atom is 0.420 e. The van der Waals surface area contributed by atoms with E-state index in [-0.39, 0.29) is 32.9 Å². The molecular weight excluding hydrogens is 565 g/mol. The molecule has 1 saturated heterocycles. The van der Waals surface area contributed by atoms with Gasteiger partial charge in [0.15, 0.2) is 9.84 Å². The van der Waals surface area contributed by atoms with Gasteiger partial charge in [0.1, 0.15) is 10.4 Å². The van der Waals surface area contributed by atoms with E-state index in [1.807, 2.05) is 6.07 Å². The minimum absolute atomic E-state index is 0.0129. The largest absolute Gasteiger partial charge is 0.420 e. The molecule has 5 rings (SSSR count). The molecule has 0 unspecified atom stereocenters. The average Bonchev–Trinajstić information content (AvgIpc) is 3.32. The van der Waals surface area contributed by atoms with Gasteiger partial charge in [-0.05, 0) is 24.3 Å². The molecule has 38 heavy (non-hydrogen) atoms. The van der Waals surface area contributed by atoms with Crippen molar-refractivity contribution in [2.45, 2.75) is 11.1 Å². The molecule has 0 saturated carbocycles. The first-order valence-corrected chi connectivity index (χ1v) is 14.4. The molecule has 3 aromatic rings. The molecular formula is C23H22ClF3N6O3S2. The van der Waals surface area contributed by atoms with E-state index in [9.17, 15) is 26.4 Å². The van der Waals surface area contributed by atoms with Crippen molar-refractivity contribution in [2.24, 2.45) is 0 Å². The number of hydrogen-bond donors (Lipinski definition) is 2. The number of nitrogens with zero attached hydrogens (tertiary/aromatic N) is 4. The van der Waals surface area contributed by atoms with E-state index in [0.29, 0.717) is 28.2 Å². The number of sulfone groups is 1. The van der Waals surface area contributed by atoms with Gasteiger partial charge in [0.25, 0.3) is 5.91 Å². The minimum Gasteiger partial charge on any atom is -0.369 e. The second-order valence-corrected chi connectivity index (χ2v) is 12.4. The molecule has 2 aromatic heterocycles. The second kappa shape index (κ2) is 9.98. The Labute approximate surface area is 225 Å². The lowest BCUT2D eigenvalue weighted by atomic mass is 10.2. The summed E-state index contributed by atoms with van der Waals surface area (Å²) in [6.07, 6.45) is -4.19. The number of halogens is 4. The van der Waals surface area contributed by atoms with E-state index < -0.39 is 33.2 Å². The van der Waals surface area contributed by atoms with Crippen LogP contribution in [0.2, 0.25) is 5.02 Å². The summed E-state index contributed by atoms with van der Waals surface area (Å²) < 4.78 is 67.3. The molecule has 0 atom stereocenters. The quantitative estimate of drug-likeness (QED) is 0.474.